The van der Waals surface area contributed by atoms with Gasteiger partial charge in [0.15, 0.2) is 0 Å². The van der Waals surface area contributed by atoms with Crippen LogP contribution in [-0.2, 0) is 6.42 Å². The summed E-state index contributed by atoms with van der Waals surface area (Å²) in [7, 11) is 1.48. The van der Waals surface area contributed by atoms with E-state index in [2.05, 4.69) is 11.4 Å². The molecule has 0 saturated heterocycles. The third-order valence-corrected chi connectivity index (χ3v) is 2.84. The summed E-state index contributed by atoms with van der Waals surface area (Å²) >= 11 is 0. The van der Waals surface area contributed by atoms with E-state index in [1.54, 1.807) is 12.1 Å². The topological polar surface area (TPSA) is 71.1 Å². The Morgan fingerprint density at radius 3 is 2.60 bits per heavy atom. The molecule has 0 atom stereocenters. The maximum Gasteiger partial charge on any atom is 0.148 e. The van der Waals surface area contributed by atoms with Crippen LogP contribution in [0.3, 0.4) is 0 Å². The summed E-state index contributed by atoms with van der Waals surface area (Å²) in [5, 5.41) is 11.6. The molecule has 0 aliphatic rings. The molecule has 2 rings (SSSR count). The molecule has 0 aliphatic carbocycles. The Balaban J connectivity index is 2.23. The summed E-state index contributed by atoms with van der Waals surface area (Å²) in [6.07, 6.45) is 0.352. The monoisotopic (exact) mass is 271 g/mol. The van der Waals surface area contributed by atoms with Crippen molar-refractivity contribution in [2.75, 3.05) is 18.2 Å². The van der Waals surface area contributed by atoms with Gasteiger partial charge in [0.2, 0.25) is 0 Å². The molecule has 0 amide bonds. The zero-order valence-corrected chi connectivity index (χ0v) is 11.0. The number of hydrogen-bond donors (Lipinski definition) is 2. The number of anilines is 3. The van der Waals surface area contributed by atoms with E-state index in [1.165, 1.54) is 19.2 Å². The molecular weight excluding hydrogens is 257 g/mol. The van der Waals surface area contributed by atoms with Gasteiger partial charge in [-0.3, -0.25) is 0 Å². The van der Waals surface area contributed by atoms with Gasteiger partial charge >= 0.3 is 0 Å². The Kier molecular flexibility index (Phi) is 4.06. The molecule has 0 aliphatic heterocycles. The van der Waals surface area contributed by atoms with Crippen molar-refractivity contribution in [3.05, 3.63) is 47.8 Å². The molecule has 5 heteroatoms. The first-order chi connectivity index (χ1) is 9.63. The first kappa shape index (κ1) is 13.7. The van der Waals surface area contributed by atoms with Crippen LogP contribution in [0.1, 0.15) is 5.56 Å². The number of nitrogens with zero attached hydrogens (tertiary/aromatic N) is 1. The normalized spacial score (nSPS) is 9.85. The average molecular weight is 271 g/mol. The Labute approximate surface area is 116 Å². The molecule has 0 aromatic heterocycles. The largest absolute Gasteiger partial charge is 0.495 e. The minimum atomic E-state index is -0.454. The number of halogens is 1. The molecule has 4 nitrogen and oxygen atoms in total. The van der Waals surface area contributed by atoms with E-state index in [0.717, 1.165) is 11.3 Å². The summed E-state index contributed by atoms with van der Waals surface area (Å²) in [6, 6.07) is 12.0. The molecule has 0 bridgehead atoms. The highest BCUT2D eigenvalue weighted by atomic mass is 19.1. The number of nitrogens with one attached hydrogen (secondary N) is 1. The Morgan fingerprint density at radius 1 is 1.30 bits per heavy atom. The minimum Gasteiger partial charge on any atom is -0.495 e. The Bertz CT molecular complexity index is 647. The fourth-order valence-corrected chi connectivity index (χ4v) is 1.79. The number of hydrogen-bond acceptors (Lipinski definition) is 4. The molecule has 20 heavy (non-hydrogen) atoms. The zero-order valence-electron chi connectivity index (χ0n) is 11.0. The number of nitriles is 1. The Hall–Kier alpha value is -2.74. The van der Waals surface area contributed by atoms with E-state index < -0.39 is 5.82 Å². The SMILES string of the molecule is COc1cc(Nc2ccc(CC#N)cc2)c(F)cc1N. The van der Waals surface area contributed by atoms with E-state index >= 15 is 0 Å². The van der Waals surface area contributed by atoms with Gasteiger partial charge in [-0.25, -0.2) is 4.39 Å². The van der Waals surface area contributed by atoms with Crippen molar-refractivity contribution >= 4 is 17.1 Å². The molecule has 0 unspecified atom stereocenters. The molecule has 0 fully saturated rings. The molecule has 3 N–H and O–H groups in total. The van der Waals surface area contributed by atoms with Crippen molar-refractivity contribution in [2.45, 2.75) is 6.42 Å². The maximum atomic E-state index is 13.8. The lowest BCUT2D eigenvalue weighted by atomic mass is 10.1. The highest BCUT2D eigenvalue weighted by Gasteiger charge is 2.08. The summed E-state index contributed by atoms with van der Waals surface area (Å²) in [6.45, 7) is 0. The molecule has 102 valence electrons. The van der Waals surface area contributed by atoms with Crippen molar-refractivity contribution < 1.29 is 9.13 Å². The smallest absolute Gasteiger partial charge is 0.148 e. The fraction of sp³-hybridized carbons (Fsp3) is 0.133. The summed E-state index contributed by atoms with van der Waals surface area (Å²) < 4.78 is 18.9. The second-order valence-electron chi connectivity index (χ2n) is 4.23. The van der Waals surface area contributed by atoms with Crippen LogP contribution < -0.4 is 15.8 Å². The molecule has 0 spiro atoms. The molecule has 2 aromatic rings. The van der Waals surface area contributed by atoms with Crippen molar-refractivity contribution in [1.29, 1.82) is 5.26 Å². The van der Waals surface area contributed by atoms with Crippen molar-refractivity contribution in [2.24, 2.45) is 0 Å². The number of benzene rings is 2. The van der Waals surface area contributed by atoms with Gasteiger partial charge in [-0.2, -0.15) is 5.26 Å². The van der Waals surface area contributed by atoms with Crippen molar-refractivity contribution in [3.8, 4) is 11.8 Å². The first-order valence-electron chi connectivity index (χ1n) is 6.00. The highest BCUT2D eigenvalue weighted by Crippen LogP contribution is 2.30. The average Bonchev–Trinajstić information content (AvgIpc) is 2.44. The number of ether oxygens (including phenoxy) is 1. The van der Waals surface area contributed by atoms with Gasteiger partial charge in [0.1, 0.15) is 11.6 Å². The number of rotatable bonds is 4. The number of nitrogen functional groups attached to an aromatic ring is 1. The predicted molar refractivity (Wildman–Crippen MR) is 76.4 cm³/mol. The maximum absolute atomic E-state index is 13.8. The van der Waals surface area contributed by atoms with Crippen LogP contribution in [0, 0.1) is 17.1 Å². The van der Waals surface area contributed by atoms with Gasteiger partial charge < -0.3 is 15.8 Å². The fourth-order valence-electron chi connectivity index (χ4n) is 1.79. The standard InChI is InChI=1S/C15H14FN3O/c1-20-15-9-14(12(16)8-13(15)18)19-11-4-2-10(3-5-11)6-7-17/h2-5,8-9,19H,6,18H2,1H3. The molecule has 2 aromatic carbocycles. The minimum absolute atomic E-state index is 0.250. The molecular formula is C15H14FN3O. The lowest BCUT2D eigenvalue weighted by molar-refractivity contribution is 0.416. The van der Waals surface area contributed by atoms with Gasteiger partial charge in [0.05, 0.1) is 31.0 Å². The van der Waals surface area contributed by atoms with E-state index in [0.29, 0.717) is 12.2 Å². The second-order valence-corrected chi connectivity index (χ2v) is 4.23. The molecule has 0 heterocycles. The van der Waals surface area contributed by atoms with Crippen LogP contribution in [0.2, 0.25) is 0 Å². The van der Waals surface area contributed by atoms with Crippen LogP contribution >= 0.6 is 0 Å². The van der Waals surface area contributed by atoms with Crippen LogP contribution in [0.5, 0.6) is 5.75 Å². The van der Waals surface area contributed by atoms with Gasteiger partial charge in [-0.1, -0.05) is 12.1 Å². The number of nitrogens with two attached hydrogens (primary N) is 1. The molecule has 0 saturated carbocycles. The zero-order chi connectivity index (χ0) is 14.5. The Morgan fingerprint density at radius 2 is 2.00 bits per heavy atom. The summed E-state index contributed by atoms with van der Waals surface area (Å²) in [5.41, 5.74) is 7.79. The second kappa shape index (κ2) is 5.93. The van der Waals surface area contributed by atoms with Gasteiger partial charge in [-0.05, 0) is 17.7 Å². The van der Waals surface area contributed by atoms with Gasteiger partial charge in [0.25, 0.3) is 0 Å². The van der Waals surface area contributed by atoms with Crippen LogP contribution in [-0.4, -0.2) is 7.11 Å². The van der Waals surface area contributed by atoms with Crippen molar-refractivity contribution in [3.63, 3.8) is 0 Å². The summed E-state index contributed by atoms with van der Waals surface area (Å²) in [4.78, 5) is 0. The van der Waals surface area contributed by atoms with Crippen molar-refractivity contribution in [1.82, 2.24) is 0 Å². The van der Waals surface area contributed by atoms with Crippen LogP contribution in [0.4, 0.5) is 21.5 Å². The lowest BCUT2D eigenvalue weighted by Crippen LogP contribution is -1.99. The van der Waals surface area contributed by atoms with E-state index in [-0.39, 0.29) is 11.4 Å². The van der Waals surface area contributed by atoms with E-state index in [9.17, 15) is 4.39 Å². The number of methoxy groups -OCH3 is 1. The van der Waals surface area contributed by atoms with E-state index in [4.69, 9.17) is 15.7 Å². The van der Waals surface area contributed by atoms with Gasteiger partial charge in [-0.15, -0.1) is 0 Å². The third kappa shape index (κ3) is 2.98. The van der Waals surface area contributed by atoms with Crippen LogP contribution in [0.15, 0.2) is 36.4 Å². The highest BCUT2D eigenvalue weighted by molar-refractivity contribution is 5.67. The van der Waals surface area contributed by atoms with Crippen LogP contribution in [0.25, 0.3) is 0 Å². The molecule has 0 radical (unpaired) electrons. The van der Waals surface area contributed by atoms with Gasteiger partial charge in [0, 0.05) is 17.8 Å². The quantitative estimate of drug-likeness (QED) is 0.837. The van der Waals surface area contributed by atoms with E-state index in [1.807, 2.05) is 12.1 Å². The third-order valence-electron chi connectivity index (χ3n) is 2.84. The lowest BCUT2D eigenvalue weighted by Gasteiger charge is -2.11. The summed E-state index contributed by atoms with van der Waals surface area (Å²) in [5.74, 6) is -0.0422. The first-order valence-corrected chi connectivity index (χ1v) is 6.00. The predicted octanol–water partition coefficient (Wildman–Crippen LogP) is 3.23.